The predicted octanol–water partition coefficient (Wildman–Crippen LogP) is 3.90. The molecule has 0 unspecified atom stereocenters. The summed E-state index contributed by atoms with van der Waals surface area (Å²) in [4.78, 5) is 4.65. The number of rotatable bonds is 7. The first-order chi connectivity index (χ1) is 10.1. The predicted molar refractivity (Wildman–Crippen MR) is 90.6 cm³/mol. The van der Waals surface area contributed by atoms with Gasteiger partial charge in [0, 0.05) is 31.2 Å². The summed E-state index contributed by atoms with van der Waals surface area (Å²) in [5.74, 6) is 0. The van der Waals surface area contributed by atoms with E-state index < -0.39 is 0 Å². The molecule has 112 valence electrons. The van der Waals surface area contributed by atoms with Gasteiger partial charge in [-0.3, -0.25) is 4.90 Å². The fourth-order valence-electron chi connectivity index (χ4n) is 2.26. The Bertz CT molecular complexity index is 540. The molecular formula is C18H23ClN2. The first-order valence-corrected chi connectivity index (χ1v) is 7.67. The van der Waals surface area contributed by atoms with Crippen molar-refractivity contribution in [3.8, 4) is 0 Å². The number of hydrogen-bond donors (Lipinski definition) is 0. The van der Waals surface area contributed by atoms with Crippen LogP contribution in [0.25, 0.3) is 0 Å². The molecule has 0 aliphatic carbocycles. The van der Waals surface area contributed by atoms with E-state index in [2.05, 4.69) is 60.3 Å². The molecule has 2 nitrogen and oxygen atoms in total. The van der Waals surface area contributed by atoms with Crippen molar-refractivity contribution in [3.05, 3.63) is 70.7 Å². The molecule has 0 aliphatic rings. The van der Waals surface area contributed by atoms with Crippen LogP contribution in [0.1, 0.15) is 11.1 Å². The average Bonchev–Trinajstić information content (AvgIpc) is 2.48. The van der Waals surface area contributed by atoms with Crippen LogP contribution in [0.4, 0.5) is 0 Å². The van der Waals surface area contributed by atoms with Gasteiger partial charge in [-0.1, -0.05) is 60.1 Å². The minimum absolute atomic E-state index is 0.848. The van der Waals surface area contributed by atoms with E-state index in [0.717, 1.165) is 31.2 Å². The number of halogens is 1. The Hall–Kier alpha value is -1.35. The molecule has 2 aromatic carbocycles. The lowest BCUT2D eigenvalue weighted by Crippen LogP contribution is -2.31. The van der Waals surface area contributed by atoms with Crippen LogP contribution in [0.2, 0.25) is 5.02 Å². The molecule has 0 N–H and O–H groups in total. The third-order valence-corrected chi connectivity index (χ3v) is 3.83. The van der Waals surface area contributed by atoms with Gasteiger partial charge in [0.25, 0.3) is 0 Å². The van der Waals surface area contributed by atoms with Crippen LogP contribution < -0.4 is 0 Å². The molecule has 0 aromatic heterocycles. The smallest absolute Gasteiger partial charge is 0.0451 e. The van der Waals surface area contributed by atoms with E-state index in [1.165, 1.54) is 11.1 Å². The number of nitrogens with zero attached hydrogens (tertiary/aromatic N) is 2. The van der Waals surface area contributed by atoms with Crippen LogP contribution in [-0.4, -0.2) is 37.0 Å². The molecule has 2 rings (SSSR count). The van der Waals surface area contributed by atoms with Gasteiger partial charge in [0.05, 0.1) is 0 Å². The van der Waals surface area contributed by atoms with E-state index in [1.807, 2.05) is 18.2 Å². The van der Waals surface area contributed by atoms with Crippen molar-refractivity contribution < 1.29 is 0 Å². The van der Waals surface area contributed by atoms with Crippen LogP contribution in [0, 0.1) is 0 Å². The molecule has 0 spiro atoms. The highest BCUT2D eigenvalue weighted by Gasteiger charge is 2.09. The van der Waals surface area contributed by atoms with Gasteiger partial charge >= 0.3 is 0 Å². The van der Waals surface area contributed by atoms with E-state index in [4.69, 9.17) is 11.6 Å². The Kier molecular flexibility index (Phi) is 6.24. The molecule has 0 fully saturated rings. The lowest BCUT2D eigenvalue weighted by molar-refractivity contribution is 0.226. The number of benzene rings is 2. The zero-order valence-electron chi connectivity index (χ0n) is 12.8. The summed E-state index contributed by atoms with van der Waals surface area (Å²) in [6.07, 6.45) is 0. The molecule has 21 heavy (non-hydrogen) atoms. The molecular weight excluding hydrogens is 280 g/mol. The fourth-order valence-corrected chi connectivity index (χ4v) is 2.46. The SMILES string of the molecule is CN(C)CCN(Cc1ccccc1)Cc1ccccc1Cl. The largest absolute Gasteiger partial charge is 0.308 e. The summed E-state index contributed by atoms with van der Waals surface area (Å²) in [6, 6.07) is 18.7. The molecule has 0 heterocycles. The second-order valence-corrected chi connectivity index (χ2v) is 6.00. The molecule has 0 bridgehead atoms. The second kappa shape index (κ2) is 8.18. The van der Waals surface area contributed by atoms with Crippen molar-refractivity contribution in [3.63, 3.8) is 0 Å². The quantitative estimate of drug-likeness (QED) is 0.765. The van der Waals surface area contributed by atoms with E-state index >= 15 is 0 Å². The lowest BCUT2D eigenvalue weighted by Gasteiger charge is -2.24. The zero-order chi connectivity index (χ0) is 15.1. The lowest BCUT2D eigenvalue weighted by atomic mass is 10.1. The first kappa shape index (κ1) is 16.0. The van der Waals surface area contributed by atoms with E-state index in [0.29, 0.717) is 0 Å². The van der Waals surface area contributed by atoms with Crippen LogP contribution in [-0.2, 0) is 13.1 Å². The van der Waals surface area contributed by atoms with Crippen LogP contribution in [0.5, 0.6) is 0 Å². The maximum Gasteiger partial charge on any atom is 0.0451 e. The van der Waals surface area contributed by atoms with Gasteiger partial charge in [0.2, 0.25) is 0 Å². The molecule has 0 aliphatic heterocycles. The highest BCUT2D eigenvalue weighted by Crippen LogP contribution is 2.18. The highest BCUT2D eigenvalue weighted by atomic mass is 35.5. The third kappa shape index (κ3) is 5.50. The molecule has 2 aromatic rings. The minimum atomic E-state index is 0.848. The molecule has 0 amide bonds. The maximum absolute atomic E-state index is 6.30. The second-order valence-electron chi connectivity index (χ2n) is 5.59. The van der Waals surface area contributed by atoms with E-state index in [9.17, 15) is 0 Å². The van der Waals surface area contributed by atoms with Gasteiger partial charge in [-0.2, -0.15) is 0 Å². The molecule has 0 atom stereocenters. The van der Waals surface area contributed by atoms with Crippen molar-refractivity contribution >= 4 is 11.6 Å². The Morgan fingerprint density at radius 1 is 0.810 bits per heavy atom. The van der Waals surface area contributed by atoms with Crippen LogP contribution in [0.15, 0.2) is 54.6 Å². The first-order valence-electron chi connectivity index (χ1n) is 7.29. The topological polar surface area (TPSA) is 6.48 Å². The monoisotopic (exact) mass is 302 g/mol. The van der Waals surface area contributed by atoms with Gasteiger partial charge in [-0.25, -0.2) is 0 Å². The Balaban J connectivity index is 2.06. The maximum atomic E-state index is 6.30. The fraction of sp³-hybridized carbons (Fsp3) is 0.333. The van der Waals surface area contributed by atoms with E-state index in [-0.39, 0.29) is 0 Å². The van der Waals surface area contributed by atoms with Crippen molar-refractivity contribution in [1.82, 2.24) is 9.80 Å². The van der Waals surface area contributed by atoms with Crippen molar-refractivity contribution in [1.29, 1.82) is 0 Å². The van der Waals surface area contributed by atoms with E-state index in [1.54, 1.807) is 0 Å². The Labute approximate surface area is 133 Å². The normalized spacial score (nSPS) is 11.3. The Morgan fingerprint density at radius 3 is 2.14 bits per heavy atom. The highest BCUT2D eigenvalue weighted by molar-refractivity contribution is 6.31. The molecule has 0 saturated carbocycles. The summed E-state index contributed by atoms with van der Waals surface area (Å²) in [5.41, 5.74) is 2.53. The molecule has 3 heteroatoms. The van der Waals surface area contributed by atoms with Gasteiger partial charge in [0.15, 0.2) is 0 Å². The van der Waals surface area contributed by atoms with Crippen molar-refractivity contribution in [2.24, 2.45) is 0 Å². The third-order valence-electron chi connectivity index (χ3n) is 3.46. The number of hydrogen-bond acceptors (Lipinski definition) is 2. The summed E-state index contributed by atoms with van der Waals surface area (Å²) in [7, 11) is 4.21. The zero-order valence-corrected chi connectivity index (χ0v) is 13.6. The van der Waals surface area contributed by atoms with Crippen molar-refractivity contribution in [2.45, 2.75) is 13.1 Å². The van der Waals surface area contributed by atoms with Gasteiger partial charge in [-0.05, 0) is 31.3 Å². The van der Waals surface area contributed by atoms with Crippen molar-refractivity contribution in [2.75, 3.05) is 27.2 Å². The average molecular weight is 303 g/mol. The molecule has 0 radical (unpaired) electrons. The van der Waals surface area contributed by atoms with Crippen LogP contribution >= 0.6 is 11.6 Å². The summed E-state index contributed by atoms with van der Waals surface area (Å²) in [6.45, 7) is 3.88. The summed E-state index contributed by atoms with van der Waals surface area (Å²) < 4.78 is 0. The Morgan fingerprint density at radius 2 is 1.48 bits per heavy atom. The summed E-state index contributed by atoms with van der Waals surface area (Å²) in [5, 5.41) is 0.848. The standard InChI is InChI=1S/C18H23ClN2/c1-20(2)12-13-21(14-16-8-4-3-5-9-16)15-17-10-6-7-11-18(17)19/h3-11H,12-15H2,1-2H3. The molecule has 0 saturated heterocycles. The van der Waals surface area contributed by atoms with Gasteiger partial charge in [0.1, 0.15) is 0 Å². The summed E-state index contributed by atoms with van der Waals surface area (Å²) >= 11 is 6.30. The number of likely N-dealkylation sites (N-methyl/N-ethyl adjacent to an activating group) is 1. The minimum Gasteiger partial charge on any atom is -0.308 e. The van der Waals surface area contributed by atoms with Gasteiger partial charge in [-0.15, -0.1) is 0 Å². The van der Waals surface area contributed by atoms with Gasteiger partial charge < -0.3 is 4.90 Å². The van der Waals surface area contributed by atoms with Crippen LogP contribution in [0.3, 0.4) is 0 Å².